The zero-order valence-electron chi connectivity index (χ0n) is 13.3. The van der Waals surface area contributed by atoms with Gasteiger partial charge in [-0.3, -0.25) is 4.57 Å². The lowest BCUT2D eigenvalue weighted by atomic mass is 10.1. The molecule has 8 nitrogen and oxygen atoms in total. The minimum absolute atomic E-state index is 0.436. The Kier molecular flexibility index (Phi) is 6.52. The van der Waals surface area contributed by atoms with E-state index in [9.17, 15) is 15.0 Å². The fourth-order valence-corrected chi connectivity index (χ4v) is 2.58. The van der Waals surface area contributed by atoms with Crippen molar-refractivity contribution in [3.8, 4) is 0 Å². The number of hydrogen-bond acceptors (Lipinski definition) is 7. The van der Waals surface area contributed by atoms with Crippen LogP contribution < -0.4 is 11.0 Å². The van der Waals surface area contributed by atoms with E-state index in [1.54, 1.807) is 6.07 Å². The highest BCUT2D eigenvalue weighted by molar-refractivity contribution is 5.31. The number of aliphatic hydroxyl groups is 3. The molecule has 1 aromatic rings. The molecule has 23 heavy (non-hydrogen) atoms. The molecule has 1 aliphatic rings. The number of nitrogens with one attached hydrogen (secondary N) is 1. The van der Waals surface area contributed by atoms with Crippen molar-refractivity contribution in [2.45, 2.75) is 57.1 Å². The van der Waals surface area contributed by atoms with E-state index in [0.717, 1.165) is 24.0 Å². The largest absolute Gasteiger partial charge is 0.394 e. The van der Waals surface area contributed by atoms with Gasteiger partial charge in [-0.25, -0.2) is 4.79 Å². The molecular weight excluding hydrogens is 302 g/mol. The standard InChI is InChI=1S/C15H25N3O5/c1-2-3-4-5-7-16-11-6-8-18(15(22)17-11)14-13(21)12(20)10(9-19)23-14/h6,8,10,12-14,19-21H,2-5,7,9H2,1H3,(H,16,17,22)/t10-,12-,13-,14-/m1/s1. The SMILES string of the molecule is CCCCCCNc1ccn([C@@H]2O[C@H](CO)[C@@H](O)[C@H]2O)c(=O)n1. The number of hydrogen-bond donors (Lipinski definition) is 4. The fraction of sp³-hybridized carbons (Fsp3) is 0.733. The number of rotatable bonds is 8. The van der Waals surface area contributed by atoms with Gasteiger partial charge in [0.05, 0.1) is 6.61 Å². The average molecular weight is 327 g/mol. The van der Waals surface area contributed by atoms with Crippen LogP contribution in [0.25, 0.3) is 0 Å². The molecule has 2 heterocycles. The number of nitrogens with zero attached hydrogens (tertiary/aromatic N) is 2. The Balaban J connectivity index is 1.98. The topological polar surface area (TPSA) is 117 Å². The average Bonchev–Trinajstić information content (AvgIpc) is 2.83. The summed E-state index contributed by atoms with van der Waals surface area (Å²) in [5, 5.41) is 31.8. The third-order valence-corrected chi connectivity index (χ3v) is 3.96. The van der Waals surface area contributed by atoms with E-state index in [2.05, 4.69) is 17.2 Å². The van der Waals surface area contributed by atoms with Gasteiger partial charge in [0.1, 0.15) is 24.1 Å². The van der Waals surface area contributed by atoms with Crippen LogP contribution in [0.15, 0.2) is 17.1 Å². The smallest absolute Gasteiger partial charge is 0.351 e. The maximum atomic E-state index is 12.1. The van der Waals surface area contributed by atoms with Gasteiger partial charge >= 0.3 is 5.69 Å². The van der Waals surface area contributed by atoms with E-state index < -0.39 is 36.8 Å². The molecule has 0 amide bonds. The van der Waals surface area contributed by atoms with Crippen LogP contribution in [0.2, 0.25) is 0 Å². The summed E-state index contributed by atoms with van der Waals surface area (Å²) in [7, 11) is 0. The van der Waals surface area contributed by atoms with E-state index in [4.69, 9.17) is 9.84 Å². The van der Waals surface area contributed by atoms with Crippen molar-refractivity contribution in [1.82, 2.24) is 9.55 Å². The molecule has 0 unspecified atom stereocenters. The first kappa shape index (κ1) is 17.9. The first-order valence-corrected chi connectivity index (χ1v) is 8.04. The van der Waals surface area contributed by atoms with Gasteiger partial charge in [-0.05, 0) is 12.5 Å². The van der Waals surface area contributed by atoms with Gasteiger partial charge in [-0.15, -0.1) is 0 Å². The predicted molar refractivity (Wildman–Crippen MR) is 84.1 cm³/mol. The molecule has 0 radical (unpaired) electrons. The molecule has 0 saturated carbocycles. The summed E-state index contributed by atoms with van der Waals surface area (Å²) in [5.74, 6) is 0.467. The van der Waals surface area contributed by atoms with Crippen LogP contribution in [0.5, 0.6) is 0 Å². The van der Waals surface area contributed by atoms with Gasteiger partial charge in [-0.1, -0.05) is 26.2 Å². The number of unbranched alkanes of at least 4 members (excludes halogenated alkanes) is 3. The number of aliphatic hydroxyl groups excluding tert-OH is 3. The van der Waals surface area contributed by atoms with Crippen LogP contribution in [-0.2, 0) is 4.74 Å². The summed E-state index contributed by atoms with van der Waals surface area (Å²) in [5.41, 5.74) is -0.585. The van der Waals surface area contributed by atoms with Crippen molar-refractivity contribution in [3.63, 3.8) is 0 Å². The zero-order chi connectivity index (χ0) is 16.8. The minimum atomic E-state index is -1.29. The lowest BCUT2D eigenvalue weighted by molar-refractivity contribution is -0.0549. The van der Waals surface area contributed by atoms with Crippen molar-refractivity contribution in [1.29, 1.82) is 0 Å². The Hall–Kier alpha value is -1.48. The first-order valence-electron chi connectivity index (χ1n) is 8.04. The van der Waals surface area contributed by atoms with E-state index in [-0.39, 0.29) is 0 Å². The molecule has 4 atom stereocenters. The molecule has 0 bridgehead atoms. The van der Waals surface area contributed by atoms with Crippen molar-refractivity contribution in [2.24, 2.45) is 0 Å². The minimum Gasteiger partial charge on any atom is -0.394 e. The Morgan fingerprint density at radius 2 is 2.09 bits per heavy atom. The van der Waals surface area contributed by atoms with Crippen molar-refractivity contribution in [3.05, 3.63) is 22.7 Å². The third-order valence-electron chi connectivity index (χ3n) is 3.96. The summed E-state index contributed by atoms with van der Waals surface area (Å²) >= 11 is 0. The van der Waals surface area contributed by atoms with Crippen molar-refractivity contribution in [2.75, 3.05) is 18.5 Å². The van der Waals surface area contributed by atoms with E-state index in [0.29, 0.717) is 5.82 Å². The second-order valence-corrected chi connectivity index (χ2v) is 5.72. The van der Waals surface area contributed by atoms with E-state index >= 15 is 0 Å². The molecule has 2 rings (SSSR count). The van der Waals surface area contributed by atoms with Gasteiger partial charge in [0, 0.05) is 12.7 Å². The second-order valence-electron chi connectivity index (χ2n) is 5.72. The molecular formula is C15H25N3O5. The number of aromatic nitrogens is 2. The van der Waals surface area contributed by atoms with Crippen LogP contribution >= 0.6 is 0 Å². The summed E-state index contributed by atoms with van der Waals surface area (Å²) in [6.45, 7) is 2.45. The summed E-state index contributed by atoms with van der Waals surface area (Å²) < 4.78 is 6.44. The van der Waals surface area contributed by atoms with Crippen LogP contribution in [0.1, 0.15) is 38.8 Å². The predicted octanol–water partition coefficient (Wildman–Crippen LogP) is -0.153. The second kappa shape index (κ2) is 8.39. The fourth-order valence-electron chi connectivity index (χ4n) is 2.58. The highest BCUT2D eigenvalue weighted by Crippen LogP contribution is 2.28. The highest BCUT2D eigenvalue weighted by Gasteiger charge is 2.43. The van der Waals surface area contributed by atoms with Gasteiger partial charge in [-0.2, -0.15) is 4.98 Å². The lowest BCUT2D eigenvalue weighted by Gasteiger charge is -2.17. The van der Waals surface area contributed by atoms with Gasteiger partial charge < -0.3 is 25.4 Å². The third kappa shape index (κ3) is 4.29. The summed E-state index contributed by atoms with van der Waals surface area (Å²) in [6, 6.07) is 1.62. The molecule has 1 aromatic heterocycles. The summed E-state index contributed by atoms with van der Waals surface area (Å²) in [6.07, 6.45) is 1.44. The molecule has 1 saturated heterocycles. The quantitative estimate of drug-likeness (QED) is 0.490. The molecule has 4 N–H and O–H groups in total. The molecule has 8 heteroatoms. The molecule has 0 spiro atoms. The van der Waals surface area contributed by atoms with E-state index in [1.807, 2.05) is 0 Å². The first-order chi connectivity index (χ1) is 11.1. The normalized spacial score (nSPS) is 27.3. The van der Waals surface area contributed by atoms with Gasteiger partial charge in [0.2, 0.25) is 0 Å². The van der Waals surface area contributed by atoms with Crippen molar-refractivity contribution < 1.29 is 20.1 Å². The highest BCUT2D eigenvalue weighted by atomic mass is 16.6. The maximum Gasteiger partial charge on any atom is 0.351 e. The molecule has 1 fully saturated rings. The molecule has 0 aromatic carbocycles. The lowest BCUT2D eigenvalue weighted by Crippen LogP contribution is -2.36. The van der Waals surface area contributed by atoms with Gasteiger partial charge in [0.15, 0.2) is 6.23 Å². The Morgan fingerprint density at radius 3 is 2.70 bits per heavy atom. The monoisotopic (exact) mass is 327 g/mol. The zero-order valence-corrected chi connectivity index (χ0v) is 13.3. The molecule has 1 aliphatic heterocycles. The van der Waals surface area contributed by atoms with Crippen LogP contribution in [-0.4, -0.2) is 56.3 Å². The van der Waals surface area contributed by atoms with Crippen molar-refractivity contribution >= 4 is 5.82 Å². The van der Waals surface area contributed by atoms with Crippen LogP contribution in [0.4, 0.5) is 5.82 Å². The molecule has 0 aliphatic carbocycles. The Labute approximate surface area is 134 Å². The van der Waals surface area contributed by atoms with Gasteiger partial charge in [0.25, 0.3) is 0 Å². The Morgan fingerprint density at radius 1 is 1.30 bits per heavy atom. The number of ether oxygens (including phenoxy) is 1. The number of anilines is 1. The molecule has 130 valence electrons. The van der Waals surface area contributed by atoms with E-state index in [1.165, 1.54) is 19.0 Å². The Bertz CT molecular complexity index is 550. The summed E-state index contributed by atoms with van der Waals surface area (Å²) in [4.78, 5) is 16.0. The van der Waals surface area contributed by atoms with Crippen LogP contribution in [0.3, 0.4) is 0 Å². The maximum absolute atomic E-state index is 12.1. The van der Waals surface area contributed by atoms with Crippen LogP contribution in [0, 0.1) is 0 Å².